The van der Waals surface area contributed by atoms with E-state index in [4.69, 9.17) is 0 Å². The van der Waals surface area contributed by atoms with Gasteiger partial charge in [0.1, 0.15) is 5.56 Å². The Morgan fingerprint density at radius 2 is 2.11 bits per heavy atom. The summed E-state index contributed by atoms with van der Waals surface area (Å²) in [6.07, 6.45) is -4.31. The Kier molecular flexibility index (Phi) is 4.49. The maximum atomic E-state index is 13.7. The van der Waals surface area contributed by atoms with Gasteiger partial charge in [0.15, 0.2) is 11.6 Å². The molecule has 0 spiro atoms. The average Bonchev–Trinajstić information content (AvgIpc) is 2.29. The molecule has 1 rings (SSSR count). The van der Waals surface area contributed by atoms with Gasteiger partial charge in [-0.25, -0.2) is 9.18 Å². The second-order valence-corrected chi connectivity index (χ2v) is 3.50. The maximum absolute atomic E-state index is 13.7. The number of halogens is 5. The standard InChI is InChI=1S/C9H6BrF4NO3/c1-17-8(16)4-3-15-5(2-10)7(6(4)11)18-9(12,13)14/h3H,2H2,1H3. The number of nitrogens with zero attached hydrogens (tertiary/aromatic N) is 1. The molecule has 0 N–H and O–H groups in total. The molecule has 0 atom stereocenters. The van der Waals surface area contributed by atoms with E-state index in [0.717, 1.165) is 13.3 Å². The summed E-state index contributed by atoms with van der Waals surface area (Å²) in [6.45, 7) is 0. The normalized spacial score (nSPS) is 11.2. The van der Waals surface area contributed by atoms with E-state index in [1.807, 2.05) is 0 Å². The molecule has 4 nitrogen and oxygen atoms in total. The van der Waals surface area contributed by atoms with Gasteiger partial charge in [-0.05, 0) is 0 Å². The van der Waals surface area contributed by atoms with Gasteiger partial charge in [-0.2, -0.15) is 0 Å². The lowest BCUT2D eigenvalue weighted by Gasteiger charge is -2.13. The van der Waals surface area contributed by atoms with Crippen molar-refractivity contribution in [2.45, 2.75) is 11.7 Å². The van der Waals surface area contributed by atoms with E-state index >= 15 is 0 Å². The van der Waals surface area contributed by atoms with Crippen LogP contribution < -0.4 is 4.74 Å². The van der Waals surface area contributed by atoms with Crippen LogP contribution in [0.25, 0.3) is 0 Å². The summed E-state index contributed by atoms with van der Waals surface area (Å²) in [7, 11) is 0.963. The lowest BCUT2D eigenvalue weighted by atomic mass is 10.2. The van der Waals surface area contributed by atoms with E-state index in [0.29, 0.717) is 0 Å². The van der Waals surface area contributed by atoms with Gasteiger partial charge in [0.05, 0.1) is 12.8 Å². The maximum Gasteiger partial charge on any atom is 0.573 e. The number of hydrogen-bond acceptors (Lipinski definition) is 4. The van der Waals surface area contributed by atoms with Gasteiger partial charge in [0, 0.05) is 11.5 Å². The quantitative estimate of drug-likeness (QED) is 0.485. The molecule has 0 aromatic carbocycles. The molecule has 0 aliphatic carbocycles. The van der Waals surface area contributed by atoms with Crippen LogP contribution in [-0.4, -0.2) is 24.4 Å². The van der Waals surface area contributed by atoms with Crippen molar-refractivity contribution in [2.75, 3.05) is 7.11 Å². The molecule has 0 radical (unpaired) electrons. The summed E-state index contributed by atoms with van der Waals surface area (Å²) in [4.78, 5) is 14.6. The smallest absolute Gasteiger partial charge is 0.465 e. The van der Waals surface area contributed by atoms with Gasteiger partial charge in [-0.1, -0.05) is 15.9 Å². The van der Waals surface area contributed by atoms with Crippen LogP contribution >= 0.6 is 15.9 Å². The van der Waals surface area contributed by atoms with Crippen molar-refractivity contribution in [3.05, 3.63) is 23.3 Å². The molecule has 0 amide bonds. The molecule has 0 bridgehead atoms. The SMILES string of the molecule is COC(=O)c1cnc(CBr)c(OC(F)(F)F)c1F. The van der Waals surface area contributed by atoms with E-state index < -0.39 is 29.5 Å². The molecule has 1 heterocycles. The zero-order chi connectivity index (χ0) is 13.9. The molecule has 0 aliphatic heterocycles. The van der Waals surface area contributed by atoms with Crippen LogP contribution in [0.2, 0.25) is 0 Å². The molecule has 18 heavy (non-hydrogen) atoms. The predicted octanol–water partition coefficient (Wildman–Crippen LogP) is 2.80. The summed E-state index contributed by atoms with van der Waals surface area (Å²) >= 11 is 2.84. The summed E-state index contributed by atoms with van der Waals surface area (Å²) in [5.41, 5.74) is -1.06. The molecule has 1 aromatic heterocycles. The second-order valence-electron chi connectivity index (χ2n) is 2.93. The Bertz CT molecular complexity index is 464. The second kappa shape index (κ2) is 5.51. The van der Waals surface area contributed by atoms with Crippen molar-refractivity contribution < 1.29 is 31.8 Å². The minimum atomic E-state index is -5.09. The minimum Gasteiger partial charge on any atom is -0.465 e. The number of rotatable bonds is 3. The van der Waals surface area contributed by atoms with E-state index in [2.05, 4.69) is 30.4 Å². The summed E-state index contributed by atoms with van der Waals surface area (Å²) < 4.78 is 57.7. The third-order valence-corrected chi connectivity index (χ3v) is 2.33. The number of ether oxygens (including phenoxy) is 2. The van der Waals surface area contributed by atoms with Crippen LogP contribution in [-0.2, 0) is 10.1 Å². The first-order valence-corrected chi connectivity index (χ1v) is 5.49. The van der Waals surface area contributed by atoms with Crippen molar-refractivity contribution in [2.24, 2.45) is 0 Å². The van der Waals surface area contributed by atoms with Crippen LogP contribution in [0.3, 0.4) is 0 Å². The van der Waals surface area contributed by atoms with Crippen LogP contribution in [0.4, 0.5) is 17.6 Å². The highest BCUT2D eigenvalue weighted by atomic mass is 79.9. The zero-order valence-corrected chi connectivity index (χ0v) is 10.4. The average molecular weight is 332 g/mol. The van der Waals surface area contributed by atoms with Crippen LogP contribution in [0.1, 0.15) is 16.1 Å². The number of methoxy groups -OCH3 is 1. The Morgan fingerprint density at radius 1 is 1.50 bits per heavy atom. The highest BCUT2D eigenvalue weighted by Crippen LogP contribution is 2.31. The largest absolute Gasteiger partial charge is 0.573 e. The fraction of sp³-hybridized carbons (Fsp3) is 0.333. The van der Waals surface area contributed by atoms with Gasteiger partial charge in [-0.15, -0.1) is 13.2 Å². The van der Waals surface area contributed by atoms with E-state index in [1.54, 1.807) is 0 Å². The first-order valence-electron chi connectivity index (χ1n) is 4.37. The van der Waals surface area contributed by atoms with Gasteiger partial charge >= 0.3 is 12.3 Å². The molecule has 0 saturated heterocycles. The van der Waals surface area contributed by atoms with Gasteiger partial charge in [0.25, 0.3) is 0 Å². The molecular formula is C9H6BrF4NO3. The molecule has 0 unspecified atom stereocenters. The molecular weight excluding hydrogens is 326 g/mol. The Morgan fingerprint density at radius 3 is 2.56 bits per heavy atom. The molecule has 0 aliphatic rings. The topological polar surface area (TPSA) is 48.4 Å². The Balaban J connectivity index is 3.31. The predicted molar refractivity (Wildman–Crippen MR) is 54.8 cm³/mol. The van der Waals surface area contributed by atoms with Crippen molar-refractivity contribution in [3.8, 4) is 5.75 Å². The monoisotopic (exact) mass is 331 g/mol. The van der Waals surface area contributed by atoms with Crippen molar-refractivity contribution >= 4 is 21.9 Å². The molecule has 0 fully saturated rings. The third kappa shape index (κ3) is 3.31. The molecule has 100 valence electrons. The van der Waals surface area contributed by atoms with Gasteiger partial charge in [-0.3, -0.25) is 4.98 Å². The number of esters is 1. The first-order chi connectivity index (χ1) is 8.30. The number of pyridine rings is 1. The fourth-order valence-corrected chi connectivity index (χ4v) is 1.47. The molecule has 1 aromatic rings. The Labute approximate surface area is 107 Å². The van der Waals surface area contributed by atoms with Crippen LogP contribution in [0.5, 0.6) is 5.75 Å². The zero-order valence-electron chi connectivity index (χ0n) is 8.85. The van der Waals surface area contributed by atoms with Gasteiger partial charge < -0.3 is 9.47 Å². The van der Waals surface area contributed by atoms with Crippen LogP contribution in [0.15, 0.2) is 6.20 Å². The number of aromatic nitrogens is 1. The number of carbonyl (C=O) groups is 1. The number of hydrogen-bond donors (Lipinski definition) is 0. The van der Waals surface area contributed by atoms with E-state index in [1.165, 1.54) is 0 Å². The number of carbonyl (C=O) groups excluding carboxylic acids is 1. The lowest BCUT2D eigenvalue weighted by Crippen LogP contribution is -2.20. The summed E-state index contributed by atoms with van der Waals surface area (Å²) in [5.74, 6) is -3.76. The summed E-state index contributed by atoms with van der Waals surface area (Å²) in [6, 6.07) is 0. The van der Waals surface area contributed by atoms with Crippen molar-refractivity contribution in [1.82, 2.24) is 4.98 Å². The summed E-state index contributed by atoms with van der Waals surface area (Å²) in [5, 5.41) is -0.170. The van der Waals surface area contributed by atoms with E-state index in [-0.39, 0.29) is 11.0 Å². The Hall–Kier alpha value is -1.38. The minimum absolute atomic E-state index is 0.170. The van der Waals surface area contributed by atoms with E-state index in [9.17, 15) is 22.4 Å². The van der Waals surface area contributed by atoms with Crippen molar-refractivity contribution in [1.29, 1.82) is 0 Å². The molecule has 0 saturated carbocycles. The highest BCUT2D eigenvalue weighted by Gasteiger charge is 2.35. The van der Waals surface area contributed by atoms with Crippen LogP contribution in [0, 0.1) is 5.82 Å². The molecule has 9 heteroatoms. The van der Waals surface area contributed by atoms with Crippen molar-refractivity contribution in [3.63, 3.8) is 0 Å². The third-order valence-electron chi connectivity index (χ3n) is 1.80. The number of alkyl halides is 4. The lowest BCUT2D eigenvalue weighted by molar-refractivity contribution is -0.276. The fourth-order valence-electron chi connectivity index (χ4n) is 1.07. The highest BCUT2D eigenvalue weighted by molar-refractivity contribution is 9.08. The van der Waals surface area contributed by atoms with Gasteiger partial charge in [0.2, 0.25) is 0 Å². The first kappa shape index (κ1) is 14.7.